The number of benzene rings is 3. The van der Waals surface area contributed by atoms with Gasteiger partial charge in [0, 0.05) is 0 Å². The number of rotatable bonds is 15. The Morgan fingerprint density at radius 3 is 1.74 bits per heavy atom. The summed E-state index contributed by atoms with van der Waals surface area (Å²) in [6.07, 6.45) is 6.25. The molecule has 0 heterocycles. The summed E-state index contributed by atoms with van der Waals surface area (Å²) >= 11 is 0. The molecule has 2 unspecified atom stereocenters. The third kappa shape index (κ3) is 9.20. The number of aliphatic hydroxyl groups excluding tert-OH is 2. The maximum absolute atomic E-state index is 10.8. The third-order valence-corrected chi connectivity index (χ3v) is 5.93. The van der Waals surface area contributed by atoms with Crippen LogP contribution < -0.4 is 9.47 Å². The molecule has 0 saturated heterocycles. The molecule has 0 aromatic heterocycles. The largest absolute Gasteiger partial charge is 0.485 e. The van der Waals surface area contributed by atoms with Crippen molar-refractivity contribution < 1.29 is 19.7 Å². The van der Waals surface area contributed by atoms with Crippen LogP contribution in [0.2, 0.25) is 0 Å². The molecule has 4 nitrogen and oxygen atoms in total. The topological polar surface area (TPSA) is 58.9 Å². The van der Waals surface area contributed by atoms with Crippen LogP contribution >= 0.6 is 0 Å². The van der Waals surface area contributed by atoms with Crippen molar-refractivity contribution in [2.45, 2.75) is 77.3 Å². The summed E-state index contributed by atoms with van der Waals surface area (Å²) < 4.78 is 12.2. The van der Waals surface area contributed by atoms with Gasteiger partial charge < -0.3 is 19.7 Å². The van der Waals surface area contributed by atoms with Gasteiger partial charge in [0.15, 0.2) is 11.5 Å². The molecular formula is C30H38O4. The van der Waals surface area contributed by atoms with E-state index < -0.39 is 6.10 Å². The SMILES string of the molecule is CC(O)CCCCCCCC(O)c1ccc(OCc2ccccc2)c(OCc2ccccc2)c1. The van der Waals surface area contributed by atoms with Gasteiger partial charge in [0.2, 0.25) is 0 Å². The lowest BCUT2D eigenvalue weighted by molar-refractivity contribution is 0.162. The van der Waals surface area contributed by atoms with Crippen molar-refractivity contribution in [1.29, 1.82) is 0 Å². The fourth-order valence-electron chi connectivity index (χ4n) is 3.91. The summed E-state index contributed by atoms with van der Waals surface area (Å²) in [7, 11) is 0. The van der Waals surface area contributed by atoms with Crippen molar-refractivity contribution >= 4 is 0 Å². The summed E-state index contributed by atoms with van der Waals surface area (Å²) in [5.41, 5.74) is 3.02. The molecule has 34 heavy (non-hydrogen) atoms. The molecule has 0 amide bonds. The Hall–Kier alpha value is -2.82. The lowest BCUT2D eigenvalue weighted by Gasteiger charge is -2.17. The van der Waals surface area contributed by atoms with Crippen molar-refractivity contribution in [3.63, 3.8) is 0 Å². The summed E-state index contributed by atoms with van der Waals surface area (Å²) in [4.78, 5) is 0. The lowest BCUT2D eigenvalue weighted by Crippen LogP contribution is -2.03. The normalized spacial score (nSPS) is 12.8. The minimum absolute atomic E-state index is 0.209. The zero-order valence-corrected chi connectivity index (χ0v) is 20.2. The molecule has 4 heteroatoms. The Kier molecular flexibility index (Phi) is 11.0. The van der Waals surface area contributed by atoms with Gasteiger partial charge in [0.05, 0.1) is 12.2 Å². The first-order valence-electron chi connectivity index (χ1n) is 12.5. The van der Waals surface area contributed by atoms with Crippen LogP contribution in [-0.4, -0.2) is 16.3 Å². The van der Waals surface area contributed by atoms with E-state index in [-0.39, 0.29) is 6.10 Å². The van der Waals surface area contributed by atoms with Gasteiger partial charge in [0.25, 0.3) is 0 Å². The highest BCUT2D eigenvalue weighted by Gasteiger charge is 2.13. The Morgan fingerprint density at radius 1 is 0.618 bits per heavy atom. The number of ether oxygens (including phenoxy) is 2. The average Bonchev–Trinajstić information content (AvgIpc) is 2.86. The highest BCUT2D eigenvalue weighted by molar-refractivity contribution is 5.44. The minimum atomic E-state index is -0.528. The second kappa shape index (κ2) is 14.4. The van der Waals surface area contributed by atoms with E-state index in [0.29, 0.717) is 24.7 Å². The number of aliphatic hydroxyl groups is 2. The molecule has 182 valence electrons. The molecule has 0 bridgehead atoms. The lowest BCUT2D eigenvalue weighted by atomic mass is 10.0. The predicted molar refractivity (Wildman–Crippen MR) is 137 cm³/mol. The van der Waals surface area contributed by atoms with E-state index >= 15 is 0 Å². The van der Waals surface area contributed by atoms with Crippen LogP contribution in [0.4, 0.5) is 0 Å². The van der Waals surface area contributed by atoms with Gasteiger partial charge in [-0.15, -0.1) is 0 Å². The van der Waals surface area contributed by atoms with Crippen molar-refractivity contribution in [3.05, 3.63) is 95.6 Å². The summed E-state index contributed by atoms with van der Waals surface area (Å²) in [6.45, 7) is 2.74. The first-order valence-corrected chi connectivity index (χ1v) is 12.5. The van der Waals surface area contributed by atoms with E-state index in [0.717, 1.165) is 61.6 Å². The first kappa shape index (κ1) is 25.8. The molecule has 0 fully saturated rings. The molecule has 3 rings (SSSR count). The monoisotopic (exact) mass is 462 g/mol. The molecule has 0 saturated carbocycles. The molecule has 2 atom stereocenters. The fourth-order valence-corrected chi connectivity index (χ4v) is 3.91. The van der Waals surface area contributed by atoms with Crippen molar-refractivity contribution in [2.24, 2.45) is 0 Å². The van der Waals surface area contributed by atoms with Crippen LogP contribution in [-0.2, 0) is 13.2 Å². The average molecular weight is 463 g/mol. The Balaban J connectivity index is 1.58. The molecule has 0 spiro atoms. The van der Waals surface area contributed by atoms with Crippen LogP contribution in [0.5, 0.6) is 11.5 Å². The minimum Gasteiger partial charge on any atom is -0.485 e. The second-order valence-corrected chi connectivity index (χ2v) is 8.96. The zero-order chi connectivity index (χ0) is 24.0. The van der Waals surface area contributed by atoms with Crippen LogP contribution in [0.3, 0.4) is 0 Å². The van der Waals surface area contributed by atoms with Crippen molar-refractivity contribution in [1.82, 2.24) is 0 Å². The molecule has 0 radical (unpaired) electrons. The fraction of sp³-hybridized carbons (Fsp3) is 0.400. The first-order chi connectivity index (χ1) is 16.6. The van der Waals surface area contributed by atoms with Gasteiger partial charge in [-0.25, -0.2) is 0 Å². The molecular weight excluding hydrogens is 424 g/mol. The van der Waals surface area contributed by atoms with Gasteiger partial charge >= 0.3 is 0 Å². The van der Waals surface area contributed by atoms with E-state index in [1.165, 1.54) is 0 Å². The maximum Gasteiger partial charge on any atom is 0.162 e. The van der Waals surface area contributed by atoms with Gasteiger partial charge in [-0.1, -0.05) is 98.8 Å². The summed E-state index contributed by atoms with van der Waals surface area (Å²) in [5, 5.41) is 20.1. The number of hydrogen-bond donors (Lipinski definition) is 2. The molecule has 0 aliphatic rings. The Labute approximate surface area is 204 Å². The smallest absolute Gasteiger partial charge is 0.162 e. The second-order valence-electron chi connectivity index (χ2n) is 8.96. The number of unbranched alkanes of at least 4 members (excludes halogenated alkanes) is 4. The van der Waals surface area contributed by atoms with E-state index in [1.54, 1.807) is 0 Å². The van der Waals surface area contributed by atoms with Crippen LogP contribution in [0.1, 0.15) is 74.7 Å². The van der Waals surface area contributed by atoms with Gasteiger partial charge in [-0.2, -0.15) is 0 Å². The van der Waals surface area contributed by atoms with Gasteiger partial charge in [-0.05, 0) is 48.6 Å². The molecule has 3 aromatic carbocycles. The van der Waals surface area contributed by atoms with E-state index in [4.69, 9.17) is 9.47 Å². The summed E-state index contributed by atoms with van der Waals surface area (Å²) in [5.74, 6) is 1.32. The standard InChI is InChI=1S/C30H38O4/c1-24(31)13-7-3-2-4-12-18-28(32)27-19-20-29(33-22-25-14-8-5-9-15-25)30(21-27)34-23-26-16-10-6-11-17-26/h5-6,8-11,14-17,19-21,24,28,31-32H,2-4,7,12-13,18,22-23H2,1H3. The third-order valence-electron chi connectivity index (χ3n) is 5.93. The summed E-state index contributed by atoms with van der Waals surface area (Å²) in [6, 6.07) is 25.8. The maximum atomic E-state index is 10.8. The van der Waals surface area contributed by atoms with Crippen LogP contribution in [0.25, 0.3) is 0 Å². The highest BCUT2D eigenvalue weighted by Crippen LogP contribution is 2.33. The zero-order valence-electron chi connectivity index (χ0n) is 20.2. The quantitative estimate of drug-likeness (QED) is 0.239. The molecule has 0 aliphatic heterocycles. The highest BCUT2D eigenvalue weighted by atomic mass is 16.5. The van der Waals surface area contributed by atoms with Crippen molar-refractivity contribution in [2.75, 3.05) is 0 Å². The Bertz CT molecular complexity index is 941. The van der Waals surface area contributed by atoms with Crippen LogP contribution in [0, 0.1) is 0 Å². The van der Waals surface area contributed by atoms with Gasteiger partial charge in [-0.3, -0.25) is 0 Å². The molecule has 3 aromatic rings. The van der Waals surface area contributed by atoms with E-state index in [9.17, 15) is 10.2 Å². The van der Waals surface area contributed by atoms with Gasteiger partial charge in [0.1, 0.15) is 13.2 Å². The van der Waals surface area contributed by atoms with Crippen molar-refractivity contribution in [3.8, 4) is 11.5 Å². The molecule has 0 aliphatic carbocycles. The van der Waals surface area contributed by atoms with E-state index in [1.807, 2.05) is 85.8 Å². The number of hydrogen-bond acceptors (Lipinski definition) is 4. The Morgan fingerprint density at radius 2 is 1.15 bits per heavy atom. The van der Waals surface area contributed by atoms with Crippen LogP contribution in [0.15, 0.2) is 78.9 Å². The predicted octanol–water partition coefficient (Wildman–Crippen LogP) is 6.99. The molecule has 2 N–H and O–H groups in total. The van der Waals surface area contributed by atoms with E-state index in [2.05, 4.69) is 0 Å².